The SMILES string of the molecule is CC1CCCN(c2cccc(OC(F)(F)F)c2)C1.CCN(C=O)C1CCCCC1. The number of hydrogen-bond donors (Lipinski definition) is 0. The Kier molecular flexibility index (Phi) is 9.11. The van der Waals surface area contributed by atoms with Crippen LogP contribution >= 0.6 is 0 Å². The third-order valence-corrected chi connectivity index (χ3v) is 5.62. The summed E-state index contributed by atoms with van der Waals surface area (Å²) in [5.41, 5.74) is 0.795. The van der Waals surface area contributed by atoms with Gasteiger partial charge in [-0.05, 0) is 50.7 Å². The van der Waals surface area contributed by atoms with E-state index in [1.165, 1.54) is 50.7 Å². The summed E-state index contributed by atoms with van der Waals surface area (Å²) in [6, 6.07) is 6.73. The van der Waals surface area contributed by atoms with E-state index in [2.05, 4.69) is 16.6 Å². The Morgan fingerprint density at radius 1 is 1.17 bits per heavy atom. The summed E-state index contributed by atoms with van der Waals surface area (Å²) in [5, 5.41) is 0. The lowest BCUT2D eigenvalue weighted by Gasteiger charge is -2.33. The summed E-state index contributed by atoms with van der Waals surface area (Å²) in [5.74, 6) is 0.421. The van der Waals surface area contributed by atoms with Crippen LogP contribution in [0.2, 0.25) is 0 Å². The predicted molar refractivity (Wildman–Crippen MR) is 109 cm³/mol. The standard InChI is InChI=1S/C13H16F3NO.C9H17NO/c1-10-4-3-7-17(9-10)11-5-2-6-12(8-11)18-13(14,15)16;1-2-10(8-11)9-6-4-3-5-7-9/h2,5-6,8,10H,3-4,7,9H2,1H3;8-9H,2-7H2,1H3. The molecule has 1 heterocycles. The zero-order valence-electron chi connectivity index (χ0n) is 17.5. The molecule has 0 N–H and O–H groups in total. The third-order valence-electron chi connectivity index (χ3n) is 5.62. The Morgan fingerprint density at radius 3 is 2.48 bits per heavy atom. The van der Waals surface area contributed by atoms with E-state index in [-0.39, 0.29) is 5.75 Å². The van der Waals surface area contributed by atoms with Crippen LogP contribution in [0.3, 0.4) is 0 Å². The average Bonchev–Trinajstić information content (AvgIpc) is 2.69. The number of benzene rings is 1. The molecule has 1 unspecified atom stereocenters. The molecular weight excluding hydrogens is 381 g/mol. The van der Waals surface area contributed by atoms with Gasteiger partial charge < -0.3 is 14.5 Å². The lowest BCUT2D eigenvalue weighted by Crippen LogP contribution is -2.35. The van der Waals surface area contributed by atoms with Crippen LogP contribution in [0.5, 0.6) is 5.75 Å². The highest BCUT2D eigenvalue weighted by atomic mass is 19.4. The first-order valence-electron chi connectivity index (χ1n) is 10.6. The molecule has 0 bridgehead atoms. The molecule has 7 heteroatoms. The van der Waals surface area contributed by atoms with Gasteiger partial charge in [0.05, 0.1) is 0 Å². The molecule has 29 heavy (non-hydrogen) atoms. The van der Waals surface area contributed by atoms with E-state index < -0.39 is 6.36 Å². The van der Waals surface area contributed by atoms with E-state index in [0.29, 0.717) is 12.0 Å². The number of amides is 1. The van der Waals surface area contributed by atoms with E-state index in [1.807, 2.05) is 17.9 Å². The second-order valence-corrected chi connectivity index (χ2v) is 7.97. The van der Waals surface area contributed by atoms with Gasteiger partial charge in [0, 0.05) is 37.4 Å². The molecule has 1 aliphatic carbocycles. The first-order chi connectivity index (χ1) is 13.8. The van der Waals surface area contributed by atoms with Crippen LogP contribution in [-0.2, 0) is 4.79 Å². The van der Waals surface area contributed by atoms with Crippen molar-refractivity contribution in [1.29, 1.82) is 0 Å². The van der Waals surface area contributed by atoms with Crippen LogP contribution in [0.15, 0.2) is 24.3 Å². The van der Waals surface area contributed by atoms with Crippen LogP contribution in [0, 0.1) is 5.92 Å². The fourth-order valence-corrected chi connectivity index (χ4v) is 4.13. The second kappa shape index (κ2) is 11.3. The number of carbonyl (C=O) groups excluding carboxylic acids is 1. The third kappa shape index (κ3) is 8.15. The van der Waals surface area contributed by atoms with Gasteiger partial charge in [0.2, 0.25) is 6.41 Å². The molecule has 1 saturated carbocycles. The van der Waals surface area contributed by atoms with Crippen LogP contribution < -0.4 is 9.64 Å². The van der Waals surface area contributed by atoms with Crippen LogP contribution in [0.25, 0.3) is 0 Å². The van der Waals surface area contributed by atoms with Crippen molar-refractivity contribution in [1.82, 2.24) is 4.90 Å². The molecule has 0 aromatic heterocycles. The van der Waals surface area contributed by atoms with Crippen LogP contribution in [0.4, 0.5) is 18.9 Å². The van der Waals surface area contributed by atoms with Gasteiger partial charge in [-0.25, -0.2) is 0 Å². The molecule has 1 aromatic carbocycles. The van der Waals surface area contributed by atoms with Crippen LogP contribution in [0.1, 0.15) is 58.8 Å². The Balaban J connectivity index is 0.000000234. The summed E-state index contributed by atoms with van der Waals surface area (Å²) >= 11 is 0. The van der Waals surface area contributed by atoms with Gasteiger partial charge in [-0.3, -0.25) is 4.79 Å². The van der Waals surface area contributed by atoms with Gasteiger partial charge in [0.1, 0.15) is 5.75 Å². The predicted octanol–water partition coefficient (Wildman–Crippen LogP) is 5.62. The maximum absolute atomic E-state index is 12.1. The van der Waals surface area contributed by atoms with Gasteiger partial charge >= 0.3 is 6.36 Å². The zero-order valence-corrected chi connectivity index (χ0v) is 17.5. The highest BCUT2D eigenvalue weighted by Crippen LogP contribution is 2.29. The van der Waals surface area contributed by atoms with Gasteiger partial charge in [0.15, 0.2) is 0 Å². The largest absolute Gasteiger partial charge is 0.573 e. The summed E-state index contributed by atoms with van der Waals surface area (Å²) in [7, 11) is 0. The van der Waals surface area contributed by atoms with Crippen molar-refractivity contribution >= 4 is 12.1 Å². The van der Waals surface area contributed by atoms with Gasteiger partial charge in [-0.2, -0.15) is 0 Å². The minimum Gasteiger partial charge on any atom is -0.406 e. The molecule has 1 aromatic rings. The van der Waals surface area contributed by atoms with Gasteiger partial charge in [-0.15, -0.1) is 13.2 Å². The molecule has 1 saturated heterocycles. The number of nitrogens with zero attached hydrogens (tertiary/aromatic N) is 2. The zero-order chi connectivity index (χ0) is 21.3. The molecule has 2 fully saturated rings. The number of hydrogen-bond acceptors (Lipinski definition) is 3. The smallest absolute Gasteiger partial charge is 0.406 e. The van der Waals surface area contributed by atoms with E-state index in [1.54, 1.807) is 6.07 Å². The van der Waals surface area contributed by atoms with Crippen molar-refractivity contribution in [3.8, 4) is 5.75 Å². The number of piperidine rings is 1. The normalized spacial score (nSPS) is 20.4. The van der Waals surface area contributed by atoms with Gasteiger partial charge in [0.25, 0.3) is 0 Å². The first kappa shape index (κ1) is 23.4. The van der Waals surface area contributed by atoms with E-state index in [9.17, 15) is 18.0 Å². The highest BCUT2D eigenvalue weighted by molar-refractivity contribution is 5.51. The second-order valence-electron chi connectivity index (χ2n) is 7.97. The Morgan fingerprint density at radius 2 is 1.90 bits per heavy atom. The monoisotopic (exact) mass is 414 g/mol. The number of halogens is 3. The molecule has 1 atom stereocenters. The first-order valence-corrected chi connectivity index (χ1v) is 10.6. The summed E-state index contributed by atoms with van der Waals surface area (Å²) < 4.78 is 40.4. The van der Waals surface area contributed by atoms with Crippen molar-refractivity contribution in [2.24, 2.45) is 5.92 Å². The topological polar surface area (TPSA) is 32.8 Å². The number of rotatable bonds is 5. The van der Waals surface area contributed by atoms with E-state index >= 15 is 0 Å². The Hall–Kier alpha value is -1.92. The summed E-state index contributed by atoms with van der Waals surface area (Å²) in [6.45, 7) is 6.84. The fourth-order valence-electron chi connectivity index (χ4n) is 4.13. The molecular formula is C22H33F3N2O2. The lowest BCUT2D eigenvalue weighted by atomic mass is 9.94. The molecule has 4 nitrogen and oxygen atoms in total. The molecule has 0 spiro atoms. The van der Waals surface area contributed by atoms with Crippen molar-refractivity contribution < 1.29 is 22.7 Å². The van der Waals surface area contributed by atoms with Crippen molar-refractivity contribution in [2.75, 3.05) is 24.5 Å². The Labute approximate surface area is 172 Å². The fraction of sp³-hybridized carbons (Fsp3) is 0.682. The quantitative estimate of drug-likeness (QED) is 0.587. The van der Waals surface area contributed by atoms with E-state index in [0.717, 1.165) is 38.2 Å². The minimum atomic E-state index is -4.63. The average molecular weight is 415 g/mol. The molecule has 1 amide bonds. The molecule has 2 aliphatic rings. The number of carbonyl (C=O) groups is 1. The highest BCUT2D eigenvalue weighted by Gasteiger charge is 2.31. The molecule has 3 rings (SSSR count). The van der Waals surface area contributed by atoms with Crippen molar-refractivity contribution in [2.45, 2.75) is 71.2 Å². The number of anilines is 1. The minimum absolute atomic E-state index is 0.154. The van der Waals surface area contributed by atoms with Crippen molar-refractivity contribution in [3.63, 3.8) is 0 Å². The van der Waals surface area contributed by atoms with Crippen molar-refractivity contribution in [3.05, 3.63) is 24.3 Å². The van der Waals surface area contributed by atoms with Gasteiger partial charge in [-0.1, -0.05) is 32.3 Å². The van der Waals surface area contributed by atoms with Crippen LogP contribution in [-0.4, -0.2) is 43.3 Å². The maximum Gasteiger partial charge on any atom is 0.573 e. The molecule has 1 aliphatic heterocycles. The lowest BCUT2D eigenvalue weighted by molar-refractivity contribution is -0.274. The summed E-state index contributed by atoms with van der Waals surface area (Å²) in [4.78, 5) is 14.6. The number of alkyl halides is 3. The molecule has 0 radical (unpaired) electrons. The number of ether oxygens (including phenoxy) is 1. The summed E-state index contributed by atoms with van der Waals surface area (Å²) in [6.07, 6.45) is 5.00. The van der Waals surface area contributed by atoms with E-state index in [4.69, 9.17) is 0 Å². The Bertz CT molecular complexity index is 618. The molecule has 164 valence electrons. The maximum atomic E-state index is 12.1.